The molecule has 1 radical (unpaired) electrons. The molecule has 0 unspecified atom stereocenters. The number of benzene rings is 1. The Hall–Kier alpha value is -1.46. The van der Waals surface area contributed by atoms with Crippen LogP contribution in [0.25, 0.3) is 10.6 Å². The van der Waals surface area contributed by atoms with Crippen LogP contribution in [-0.4, -0.2) is 9.91 Å². The molecule has 0 aliphatic carbocycles. The van der Waals surface area contributed by atoms with Crippen LogP contribution in [0.2, 0.25) is 5.02 Å². The molecule has 75 valence electrons. The zero-order valence-corrected chi connectivity index (χ0v) is 8.88. The lowest BCUT2D eigenvalue weighted by Gasteiger charge is -1.98. The average molecular weight is 240 g/mol. The monoisotopic (exact) mass is 239 g/mol. The highest BCUT2D eigenvalue weighted by Crippen LogP contribution is 2.30. The van der Waals surface area contributed by atoms with Gasteiger partial charge in [0.05, 0.1) is 4.92 Å². The van der Waals surface area contributed by atoms with Gasteiger partial charge in [-0.2, -0.15) is 0 Å². The Morgan fingerprint density at radius 3 is 2.87 bits per heavy atom. The SMILES string of the molecule is O=[N+]([O-])c1ccc(-c2n[c]cs2)cc1Cl. The first-order valence-corrected chi connectivity index (χ1v) is 5.20. The molecular formula is C9H4ClN2O2S. The van der Waals surface area contributed by atoms with Gasteiger partial charge in [0.15, 0.2) is 0 Å². The lowest BCUT2D eigenvalue weighted by atomic mass is 10.2. The van der Waals surface area contributed by atoms with E-state index < -0.39 is 4.92 Å². The van der Waals surface area contributed by atoms with Crippen molar-refractivity contribution in [2.45, 2.75) is 0 Å². The van der Waals surface area contributed by atoms with Crippen molar-refractivity contribution in [2.24, 2.45) is 0 Å². The van der Waals surface area contributed by atoms with E-state index in [9.17, 15) is 10.1 Å². The standard InChI is InChI=1S/C9H4ClN2O2S/c10-7-5-6(9-11-3-4-15-9)1-2-8(7)12(13)14/h1-2,4-5H. The highest BCUT2D eigenvalue weighted by atomic mass is 35.5. The first-order valence-electron chi connectivity index (χ1n) is 3.94. The van der Waals surface area contributed by atoms with Crippen LogP contribution >= 0.6 is 22.9 Å². The van der Waals surface area contributed by atoms with Crippen LogP contribution in [-0.2, 0) is 0 Å². The van der Waals surface area contributed by atoms with Gasteiger partial charge in [-0.1, -0.05) is 11.6 Å². The van der Waals surface area contributed by atoms with Gasteiger partial charge >= 0.3 is 0 Å². The van der Waals surface area contributed by atoms with E-state index in [-0.39, 0.29) is 10.7 Å². The molecule has 0 bridgehead atoms. The fourth-order valence-corrected chi connectivity index (χ4v) is 1.95. The molecule has 1 aromatic carbocycles. The predicted octanol–water partition coefficient (Wildman–Crippen LogP) is 3.17. The topological polar surface area (TPSA) is 56.0 Å². The van der Waals surface area contributed by atoms with Crippen molar-refractivity contribution in [1.29, 1.82) is 0 Å². The molecule has 0 amide bonds. The third-order valence-corrected chi connectivity index (χ3v) is 2.86. The molecule has 1 heterocycles. The molecule has 0 N–H and O–H groups in total. The van der Waals surface area contributed by atoms with Gasteiger partial charge in [-0.15, -0.1) is 11.3 Å². The molecule has 0 aliphatic rings. The number of thiazole rings is 1. The highest BCUT2D eigenvalue weighted by Gasteiger charge is 2.13. The van der Waals surface area contributed by atoms with E-state index in [1.165, 1.54) is 23.5 Å². The van der Waals surface area contributed by atoms with Gasteiger partial charge in [0.2, 0.25) is 0 Å². The van der Waals surface area contributed by atoms with E-state index in [0.29, 0.717) is 0 Å². The smallest absolute Gasteiger partial charge is 0.258 e. The lowest BCUT2D eigenvalue weighted by molar-refractivity contribution is -0.384. The summed E-state index contributed by atoms with van der Waals surface area (Å²) in [4.78, 5) is 14.0. The van der Waals surface area contributed by atoms with Gasteiger partial charge < -0.3 is 0 Å². The van der Waals surface area contributed by atoms with Crippen molar-refractivity contribution in [3.05, 3.63) is 44.9 Å². The second-order valence-corrected chi connectivity index (χ2v) is 3.97. The fraction of sp³-hybridized carbons (Fsp3) is 0. The number of aromatic nitrogens is 1. The number of rotatable bonds is 2. The summed E-state index contributed by atoms with van der Waals surface area (Å²) in [6.45, 7) is 0. The van der Waals surface area contributed by atoms with Crippen LogP contribution in [0.1, 0.15) is 0 Å². The third-order valence-electron chi connectivity index (χ3n) is 1.78. The van der Waals surface area contributed by atoms with Crippen LogP contribution in [0, 0.1) is 16.3 Å². The molecule has 0 saturated heterocycles. The Kier molecular flexibility index (Phi) is 2.66. The van der Waals surface area contributed by atoms with Crippen LogP contribution in [0.15, 0.2) is 23.6 Å². The zero-order valence-electron chi connectivity index (χ0n) is 7.31. The van der Waals surface area contributed by atoms with Crippen LogP contribution < -0.4 is 0 Å². The van der Waals surface area contributed by atoms with Crippen molar-refractivity contribution in [3.8, 4) is 10.6 Å². The van der Waals surface area contributed by atoms with Crippen molar-refractivity contribution in [1.82, 2.24) is 4.98 Å². The summed E-state index contributed by atoms with van der Waals surface area (Å²) in [5, 5.41) is 13.1. The summed E-state index contributed by atoms with van der Waals surface area (Å²) in [5.41, 5.74) is 0.665. The molecule has 2 aromatic rings. The quantitative estimate of drug-likeness (QED) is 0.597. The normalized spacial score (nSPS) is 10.2. The largest absolute Gasteiger partial charge is 0.287 e. The minimum Gasteiger partial charge on any atom is -0.258 e. The van der Waals surface area contributed by atoms with Crippen molar-refractivity contribution >= 4 is 28.6 Å². The fourth-order valence-electron chi connectivity index (χ4n) is 1.11. The van der Waals surface area contributed by atoms with Gasteiger partial charge in [0.25, 0.3) is 5.69 Å². The van der Waals surface area contributed by atoms with E-state index in [2.05, 4.69) is 11.2 Å². The maximum absolute atomic E-state index is 10.5. The minimum absolute atomic E-state index is 0.0963. The third kappa shape index (κ3) is 1.98. The second kappa shape index (κ2) is 3.96. The Morgan fingerprint density at radius 1 is 1.53 bits per heavy atom. The Morgan fingerprint density at radius 2 is 2.33 bits per heavy atom. The Balaban J connectivity index is 2.47. The van der Waals surface area contributed by atoms with Gasteiger partial charge in [-0.3, -0.25) is 10.1 Å². The molecule has 0 spiro atoms. The van der Waals surface area contributed by atoms with E-state index in [1.807, 2.05) is 0 Å². The summed E-state index contributed by atoms with van der Waals surface area (Å²) in [6.07, 6.45) is 2.68. The maximum Gasteiger partial charge on any atom is 0.287 e. The summed E-state index contributed by atoms with van der Waals surface area (Å²) in [7, 11) is 0. The van der Waals surface area contributed by atoms with Gasteiger partial charge in [0.1, 0.15) is 16.2 Å². The minimum atomic E-state index is -0.514. The molecule has 0 saturated carbocycles. The van der Waals surface area contributed by atoms with E-state index in [1.54, 1.807) is 11.4 Å². The number of nitro benzene ring substituents is 1. The summed E-state index contributed by atoms with van der Waals surface area (Å²) >= 11 is 7.17. The van der Waals surface area contributed by atoms with Gasteiger partial charge in [-0.25, -0.2) is 4.98 Å². The van der Waals surface area contributed by atoms with E-state index in [0.717, 1.165) is 10.6 Å². The molecule has 0 fully saturated rings. The van der Waals surface area contributed by atoms with E-state index in [4.69, 9.17) is 11.6 Å². The van der Waals surface area contributed by atoms with Gasteiger partial charge in [-0.05, 0) is 12.1 Å². The molecule has 0 atom stereocenters. The average Bonchev–Trinajstić information content (AvgIpc) is 2.69. The highest BCUT2D eigenvalue weighted by molar-refractivity contribution is 7.13. The summed E-state index contributed by atoms with van der Waals surface area (Å²) < 4.78 is 0. The second-order valence-electron chi connectivity index (χ2n) is 2.71. The van der Waals surface area contributed by atoms with Crippen LogP contribution in [0.5, 0.6) is 0 Å². The van der Waals surface area contributed by atoms with Gasteiger partial charge in [0, 0.05) is 17.0 Å². The molecule has 1 aromatic heterocycles. The Bertz CT molecular complexity index is 499. The predicted molar refractivity (Wildman–Crippen MR) is 58.1 cm³/mol. The maximum atomic E-state index is 10.5. The number of halogens is 1. The van der Waals surface area contributed by atoms with Crippen LogP contribution in [0.4, 0.5) is 5.69 Å². The van der Waals surface area contributed by atoms with Crippen molar-refractivity contribution < 1.29 is 4.92 Å². The van der Waals surface area contributed by atoms with Crippen LogP contribution in [0.3, 0.4) is 0 Å². The Labute approximate surface area is 94.3 Å². The summed E-state index contributed by atoms with van der Waals surface area (Å²) in [5.74, 6) is 0. The van der Waals surface area contributed by atoms with E-state index >= 15 is 0 Å². The number of hydrogen-bond acceptors (Lipinski definition) is 4. The number of nitro groups is 1. The molecule has 0 aliphatic heterocycles. The number of nitrogens with zero attached hydrogens (tertiary/aromatic N) is 2. The molecule has 4 nitrogen and oxygen atoms in total. The zero-order chi connectivity index (χ0) is 10.8. The van der Waals surface area contributed by atoms with Crippen molar-refractivity contribution in [3.63, 3.8) is 0 Å². The molecule has 2 rings (SSSR count). The molecule has 15 heavy (non-hydrogen) atoms. The molecule has 6 heteroatoms. The summed E-state index contributed by atoms with van der Waals surface area (Å²) in [6, 6.07) is 4.53. The molecular weight excluding hydrogens is 236 g/mol. The first-order chi connectivity index (χ1) is 7.18. The lowest BCUT2D eigenvalue weighted by Crippen LogP contribution is -1.89. The van der Waals surface area contributed by atoms with Crippen molar-refractivity contribution in [2.75, 3.05) is 0 Å². The first kappa shape index (κ1) is 10.1. The number of hydrogen-bond donors (Lipinski definition) is 0.